The summed E-state index contributed by atoms with van der Waals surface area (Å²) in [5, 5.41) is 2.49. The van der Waals surface area contributed by atoms with E-state index in [9.17, 15) is 14.0 Å². The Balaban J connectivity index is 1.72. The Morgan fingerprint density at radius 3 is 2.58 bits per heavy atom. The monoisotopic (exact) mass is 494 g/mol. The first-order valence-corrected chi connectivity index (χ1v) is 10.7. The molecule has 12 heteroatoms. The molecule has 0 aliphatic carbocycles. The minimum atomic E-state index is -0.630. The van der Waals surface area contributed by atoms with Crippen molar-refractivity contribution >= 4 is 29.2 Å². The normalized spacial score (nSPS) is 10.8. The lowest BCUT2D eigenvalue weighted by Gasteiger charge is -2.22. The van der Waals surface area contributed by atoms with Crippen LogP contribution in [0.5, 0.6) is 5.75 Å². The first kappa shape index (κ1) is 24.5. The van der Waals surface area contributed by atoms with E-state index in [2.05, 4.69) is 25.0 Å². The predicted octanol–water partition coefficient (Wildman–Crippen LogP) is 3.68. The van der Waals surface area contributed by atoms with E-state index in [4.69, 9.17) is 9.47 Å². The van der Waals surface area contributed by atoms with Crippen molar-refractivity contribution in [1.82, 2.24) is 19.4 Å². The van der Waals surface area contributed by atoms with Gasteiger partial charge in [-0.1, -0.05) is 0 Å². The highest BCUT2D eigenvalue weighted by Crippen LogP contribution is 2.27. The highest BCUT2D eigenvalue weighted by atomic mass is 19.1. The molecule has 0 unspecified atom stereocenters. The molecule has 0 fully saturated rings. The zero-order valence-corrected chi connectivity index (χ0v) is 20.0. The number of hydrogen-bond donors (Lipinski definition) is 1. The summed E-state index contributed by atoms with van der Waals surface area (Å²) in [6.07, 6.45) is 4.14. The first-order chi connectivity index (χ1) is 17.4. The van der Waals surface area contributed by atoms with Crippen molar-refractivity contribution < 1.29 is 28.2 Å². The number of halogens is 1. The van der Waals surface area contributed by atoms with Crippen LogP contribution in [0.1, 0.15) is 16.2 Å². The maximum atomic E-state index is 13.9. The number of aromatic nitrogens is 4. The molecule has 11 nitrogen and oxygen atoms in total. The van der Waals surface area contributed by atoms with Gasteiger partial charge in [-0.05, 0) is 31.2 Å². The number of anilines is 2. The molecule has 2 amide bonds. The highest BCUT2D eigenvalue weighted by Gasteiger charge is 2.23. The fourth-order valence-corrected chi connectivity index (χ4v) is 3.57. The number of hydrogen-bond acceptors (Lipinski definition) is 8. The summed E-state index contributed by atoms with van der Waals surface area (Å²) in [4.78, 5) is 39.3. The maximum absolute atomic E-state index is 13.9. The predicted molar refractivity (Wildman–Crippen MR) is 129 cm³/mol. The number of aryl methyl sites for hydroxylation is 1. The van der Waals surface area contributed by atoms with Gasteiger partial charge in [0.2, 0.25) is 0 Å². The van der Waals surface area contributed by atoms with Gasteiger partial charge in [0.05, 0.1) is 37.5 Å². The van der Waals surface area contributed by atoms with E-state index in [1.54, 1.807) is 42.0 Å². The molecule has 0 radical (unpaired) electrons. The molecular formula is C24H23FN6O5. The third-order valence-corrected chi connectivity index (χ3v) is 5.30. The first-order valence-electron chi connectivity index (χ1n) is 10.7. The number of carbonyl (C=O) groups is 2. The van der Waals surface area contributed by atoms with Crippen LogP contribution in [-0.2, 0) is 9.47 Å². The number of nitrogens with one attached hydrogen (secondary N) is 1. The molecule has 1 aromatic carbocycles. The Morgan fingerprint density at radius 2 is 1.92 bits per heavy atom. The van der Waals surface area contributed by atoms with Crippen LogP contribution in [0.15, 0.2) is 48.9 Å². The van der Waals surface area contributed by atoms with E-state index in [1.807, 2.05) is 0 Å². The van der Waals surface area contributed by atoms with Crippen LogP contribution in [-0.4, -0.2) is 59.4 Å². The zero-order chi connectivity index (χ0) is 25.8. The van der Waals surface area contributed by atoms with Gasteiger partial charge in [0.25, 0.3) is 5.91 Å². The number of ether oxygens (including phenoxy) is 3. The summed E-state index contributed by atoms with van der Waals surface area (Å²) in [6, 6.07) is 7.45. The quantitative estimate of drug-likeness (QED) is 0.387. The topological polar surface area (TPSA) is 120 Å². The molecule has 186 valence electrons. The number of imidazole rings is 1. The summed E-state index contributed by atoms with van der Waals surface area (Å²) >= 11 is 0. The standard InChI is InChI=1S/C24H23FN6O5/c1-14-22-27-11-19(15-5-8-21(26-10-15)29-24(33)36-4)30(22)12-18(28-14)23(32)31(13-34-2)16-6-7-17(25)20(9-16)35-3/h5-12H,13H2,1-4H3,(H,26,29,33). The summed E-state index contributed by atoms with van der Waals surface area (Å²) in [7, 11) is 4.05. The van der Waals surface area contributed by atoms with E-state index in [1.165, 1.54) is 44.4 Å². The van der Waals surface area contributed by atoms with Gasteiger partial charge >= 0.3 is 6.09 Å². The van der Waals surface area contributed by atoms with Crippen molar-refractivity contribution in [2.24, 2.45) is 0 Å². The number of fused-ring (bicyclic) bond motifs is 1. The summed E-state index contributed by atoms with van der Waals surface area (Å²) in [6.45, 7) is 1.65. The van der Waals surface area contributed by atoms with Crippen molar-refractivity contribution in [3.63, 3.8) is 0 Å². The van der Waals surface area contributed by atoms with E-state index in [0.717, 1.165) is 0 Å². The molecule has 0 saturated heterocycles. The average molecular weight is 494 g/mol. The van der Waals surface area contributed by atoms with Gasteiger partial charge in [0.15, 0.2) is 17.2 Å². The molecule has 36 heavy (non-hydrogen) atoms. The van der Waals surface area contributed by atoms with Crippen LogP contribution in [0, 0.1) is 12.7 Å². The lowest BCUT2D eigenvalue weighted by molar-refractivity contribution is 0.0931. The lowest BCUT2D eigenvalue weighted by atomic mass is 10.2. The van der Waals surface area contributed by atoms with Gasteiger partial charge in [-0.3, -0.25) is 19.4 Å². The Hall–Kier alpha value is -4.58. The number of carbonyl (C=O) groups excluding carboxylic acids is 2. The van der Waals surface area contributed by atoms with E-state index in [0.29, 0.717) is 34.1 Å². The number of methoxy groups -OCH3 is 3. The van der Waals surface area contributed by atoms with Crippen LogP contribution >= 0.6 is 0 Å². The summed E-state index contributed by atoms with van der Waals surface area (Å²) in [5.74, 6) is -0.703. The molecule has 4 rings (SSSR count). The van der Waals surface area contributed by atoms with Crippen molar-refractivity contribution in [1.29, 1.82) is 0 Å². The smallest absolute Gasteiger partial charge is 0.412 e. The minimum absolute atomic E-state index is 0.00414. The third kappa shape index (κ3) is 4.79. The molecule has 0 spiro atoms. The molecule has 0 atom stereocenters. The van der Waals surface area contributed by atoms with E-state index < -0.39 is 17.8 Å². The minimum Gasteiger partial charge on any atom is -0.494 e. The lowest BCUT2D eigenvalue weighted by Crippen LogP contribution is -2.33. The molecule has 3 heterocycles. The fraction of sp³-hybridized carbons (Fsp3) is 0.208. The van der Waals surface area contributed by atoms with Gasteiger partial charge in [-0.2, -0.15) is 0 Å². The number of pyridine rings is 1. The molecule has 4 aromatic rings. The van der Waals surface area contributed by atoms with Crippen LogP contribution in [0.2, 0.25) is 0 Å². The zero-order valence-electron chi connectivity index (χ0n) is 20.0. The Kier molecular flexibility index (Phi) is 7.06. The number of nitrogens with zero attached hydrogens (tertiary/aromatic N) is 5. The fourth-order valence-electron chi connectivity index (χ4n) is 3.57. The van der Waals surface area contributed by atoms with E-state index >= 15 is 0 Å². The SMILES string of the molecule is COCN(C(=O)c1cn2c(-c3ccc(NC(=O)OC)nc3)cnc2c(C)n1)c1ccc(F)c(OC)c1. The Morgan fingerprint density at radius 1 is 1.11 bits per heavy atom. The molecule has 1 N–H and O–H groups in total. The van der Waals surface area contributed by atoms with E-state index in [-0.39, 0.29) is 18.2 Å². The van der Waals surface area contributed by atoms with Gasteiger partial charge in [-0.15, -0.1) is 0 Å². The summed E-state index contributed by atoms with van der Waals surface area (Å²) in [5.41, 5.74) is 2.93. The van der Waals surface area contributed by atoms with Crippen molar-refractivity contribution in [3.05, 3.63) is 66.1 Å². The van der Waals surface area contributed by atoms with Crippen LogP contribution in [0.25, 0.3) is 16.9 Å². The van der Waals surface area contributed by atoms with Crippen LogP contribution in [0.3, 0.4) is 0 Å². The van der Waals surface area contributed by atoms with Gasteiger partial charge < -0.3 is 14.2 Å². The second-order valence-corrected chi connectivity index (χ2v) is 7.57. The average Bonchev–Trinajstić information content (AvgIpc) is 3.32. The number of benzene rings is 1. The molecular weight excluding hydrogens is 471 g/mol. The molecule has 0 bridgehead atoms. The Labute approximate surface area is 205 Å². The highest BCUT2D eigenvalue weighted by molar-refractivity contribution is 6.04. The van der Waals surface area contributed by atoms with Crippen LogP contribution < -0.4 is 15.0 Å². The van der Waals surface area contributed by atoms with Crippen molar-refractivity contribution in [3.8, 4) is 17.0 Å². The van der Waals surface area contributed by atoms with Crippen molar-refractivity contribution in [2.45, 2.75) is 6.92 Å². The Bertz CT molecular complexity index is 1420. The summed E-state index contributed by atoms with van der Waals surface area (Å²) < 4.78 is 30.5. The van der Waals surface area contributed by atoms with Crippen molar-refractivity contribution in [2.75, 3.05) is 38.3 Å². The third-order valence-electron chi connectivity index (χ3n) is 5.30. The van der Waals surface area contributed by atoms with Gasteiger partial charge in [0, 0.05) is 31.1 Å². The van der Waals surface area contributed by atoms with Gasteiger partial charge in [0.1, 0.15) is 18.2 Å². The second-order valence-electron chi connectivity index (χ2n) is 7.57. The number of rotatable bonds is 7. The molecule has 0 aliphatic heterocycles. The number of amides is 2. The van der Waals surface area contributed by atoms with Gasteiger partial charge in [-0.25, -0.2) is 24.1 Å². The van der Waals surface area contributed by atoms with Crippen LogP contribution in [0.4, 0.5) is 20.7 Å². The molecule has 3 aromatic heterocycles. The largest absolute Gasteiger partial charge is 0.494 e. The molecule has 0 aliphatic rings. The maximum Gasteiger partial charge on any atom is 0.412 e. The molecule has 0 saturated carbocycles. The second kappa shape index (κ2) is 10.4.